The molecule has 0 bridgehead atoms. The Morgan fingerprint density at radius 2 is 2.13 bits per heavy atom. The van der Waals surface area contributed by atoms with Gasteiger partial charge in [0.1, 0.15) is 0 Å². The van der Waals surface area contributed by atoms with E-state index in [9.17, 15) is 9.59 Å². The van der Waals surface area contributed by atoms with Gasteiger partial charge in [0, 0.05) is 25.6 Å². The molecule has 1 saturated heterocycles. The predicted molar refractivity (Wildman–Crippen MR) is 92.4 cm³/mol. The van der Waals surface area contributed by atoms with Crippen molar-refractivity contribution in [3.8, 4) is 0 Å². The zero-order valence-electron chi connectivity index (χ0n) is 13.6. The summed E-state index contributed by atoms with van der Waals surface area (Å²) in [6, 6.07) is 7.13. The lowest BCUT2D eigenvalue weighted by molar-refractivity contribution is -0.127. The van der Waals surface area contributed by atoms with E-state index in [2.05, 4.69) is 19.2 Å². The van der Waals surface area contributed by atoms with Crippen molar-refractivity contribution < 1.29 is 9.59 Å². The van der Waals surface area contributed by atoms with Crippen LogP contribution in [0.4, 0.5) is 5.69 Å². The van der Waals surface area contributed by atoms with Crippen molar-refractivity contribution in [2.75, 3.05) is 18.0 Å². The number of halogens is 1. The van der Waals surface area contributed by atoms with Crippen LogP contribution in [-0.4, -0.2) is 30.9 Å². The van der Waals surface area contributed by atoms with Gasteiger partial charge >= 0.3 is 0 Å². The number of amides is 2. The topological polar surface area (TPSA) is 75.4 Å². The molecule has 6 heteroatoms. The molecule has 2 atom stereocenters. The van der Waals surface area contributed by atoms with Gasteiger partial charge in [0.25, 0.3) is 0 Å². The molecule has 5 nitrogen and oxygen atoms in total. The van der Waals surface area contributed by atoms with Crippen molar-refractivity contribution in [1.82, 2.24) is 5.32 Å². The van der Waals surface area contributed by atoms with Gasteiger partial charge in [-0.25, -0.2) is 0 Å². The summed E-state index contributed by atoms with van der Waals surface area (Å²) in [5.41, 5.74) is 6.38. The molecule has 1 aromatic carbocycles. The fraction of sp³-hybridized carbons (Fsp3) is 0.529. The standard InChI is InChI=1S/C17H24ClN3O2/c1-11(2)7-13(9-19)20-17(23)12-8-16(22)21(10-12)15-6-4-3-5-14(15)18/h3-6,11-13H,7-10,19H2,1-2H3,(H,20,23). The van der Waals surface area contributed by atoms with Gasteiger partial charge < -0.3 is 16.0 Å². The maximum atomic E-state index is 12.4. The lowest BCUT2D eigenvalue weighted by Gasteiger charge is -2.21. The summed E-state index contributed by atoms with van der Waals surface area (Å²) >= 11 is 6.15. The van der Waals surface area contributed by atoms with E-state index in [1.807, 2.05) is 12.1 Å². The number of para-hydroxylation sites is 1. The van der Waals surface area contributed by atoms with E-state index in [1.165, 1.54) is 0 Å². The van der Waals surface area contributed by atoms with E-state index in [-0.39, 0.29) is 30.2 Å². The van der Waals surface area contributed by atoms with Gasteiger partial charge in [-0.15, -0.1) is 0 Å². The lowest BCUT2D eigenvalue weighted by Crippen LogP contribution is -2.44. The van der Waals surface area contributed by atoms with Crippen LogP contribution in [-0.2, 0) is 9.59 Å². The van der Waals surface area contributed by atoms with Crippen molar-refractivity contribution >= 4 is 29.1 Å². The van der Waals surface area contributed by atoms with Crippen molar-refractivity contribution in [2.24, 2.45) is 17.6 Å². The minimum Gasteiger partial charge on any atom is -0.352 e. The van der Waals surface area contributed by atoms with Gasteiger partial charge in [0.2, 0.25) is 11.8 Å². The second-order valence-electron chi connectivity index (χ2n) is 6.43. The number of hydrogen-bond donors (Lipinski definition) is 2. The average molecular weight is 338 g/mol. The predicted octanol–water partition coefficient (Wildman–Crippen LogP) is 2.18. The minimum atomic E-state index is -0.361. The maximum Gasteiger partial charge on any atom is 0.227 e. The number of nitrogens with two attached hydrogens (primary N) is 1. The first-order valence-corrected chi connectivity index (χ1v) is 8.35. The number of benzene rings is 1. The highest BCUT2D eigenvalue weighted by atomic mass is 35.5. The van der Waals surface area contributed by atoms with Crippen molar-refractivity contribution in [1.29, 1.82) is 0 Å². The molecule has 3 N–H and O–H groups in total. The largest absolute Gasteiger partial charge is 0.352 e. The molecular formula is C17H24ClN3O2. The second-order valence-corrected chi connectivity index (χ2v) is 6.83. The monoisotopic (exact) mass is 337 g/mol. The van der Waals surface area contributed by atoms with E-state index in [4.69, 9.17) is 17.3 Å². The van der Waals surface area contributed by atoms with Crippen molar-refractivity contribution in [3.05, 3.63) is 29.3 Å². The van der Waals surface area contributed by atoms with E-state index in [0.29, 0.717) is 29.7 Å². The highest BCUT2D eigenvalue weighted by Gasteiger charge is 2.36. The molecule has 1 aliphatic heterocycles. The summed E-state index contributed by atoms with van der Waals surface area (Å²) in [6.07, 6.45) is 1.03. The van der Waals surface area contributed by atoms with Crippen LogP contribution in [0, 0.1) is 11.8 Å². The normalized spacial score (nSPS) is 19.3. The summed E-state index contributed by atoms with van der Waals surface area (Å²) in [6.45, 7) is 4.94. The van der Waals surface area contributed by atoms with Crippen LogP contribution < -0.4 is 16.0 Å². The Kier molecular flexibility index (Phi) is 6.02. The Balaban J connectivity index is 2.02. The smallest absolute Gasteiger partial charge is 0.227 e. The molecule has 2 amide bonds. The lowest BCUT2D eigenvalue weighted by atomic mass is 10.0. The molecule has 1 fully saturated rings. The Morgan fingerprint density at radius 1 is 1.43 bits per heavy atom. The van der Waals surface area contributed by atoms with E-state index < -0.39 is 0 Å². The summed E-state index contributed by atoms with van der Waals surface area (Å²) in [4.78, 5) is 26.3. The Hall–Kier alpha value is -1.59. The summed E-state index contributed by atoms with van der Waals surface area (Å²) in [5, 5.41) is 3.49. The fourth-order valence-corrected chi connectivity index (χ4v) is 3.13. The Morgan fingerprint density at radius 3 is 2.74 bits per heavy atom. The quantitative estimate of drug-likeness (QED) is 0.835. The molecule has 23 heavy (non-hydrogen) atoms. The maximum absolute atomic E-state index is 12.4. The van der Waals surface area contributed by atoms with Crippen molar-refractivity contribution in [2.45, 2.75) is 32.7 Å². The zero-order chi connectivity index (χ0) is 17.0. The van der Waals surface area contributed by atoms with Crippen LogP contribution in [0.5, 0.6) is 0 Å². The Bertz CT molecular complexity index is 577. The number of rotatable bonds is 6. The molecule has 0 spiro atoms. The third kappa shape index (κ3) is 4.45. The van der Waals surface area contributed by atoms with Gasteiger partial charge in [-0.3, -0.25) is 9.59 Å². The summed E-state index contributed by atoms with van der Waals surface area (Å²) < 4.78 is 0. The van der Waals surface area contributed by atoms with Gasteiger partial charge in [0.05, 0.1) is 16.6 Å². The van der Waals surface area contributed by atoms with Gasteiger partial charge in [-0.2, -0.15) is 0 Å². The van der Waals surface area contributed by atoms with Crippen LogP contribution in [0.3, 0.4) is 0 Å². The second kappa shape index (κ2) is 7.79. The van der Waals surface area contributed by atoms with Crippen LogP contribution in [0.2, 0.25) is 5.02 Å². The van der Waals surface area contributed by atoms with E-state index in [0.717, 1.165) is 6.42 Å². The summed E-state index contributed by atoms with van der Waals surface area (Å²) in [5.74, 6) is -0.0934. The van der Waals surface area contributed by atoms with Gasteiger partial charge in [0.15, 0.2) is 0 Å². The number of hydrogen-bond acceptors (Lipinski definition) is 3. The molecule has 0 saturated carbocycles. The van der Waals surface area contributed by atoms with Gasteiger partial charge in [-0.1, -0.05) is 37.6 Å². The first kappa shape index (κ1) is 17.8. The molecule has 0 aliphatic carbocycles. The van der Waals surface area contributed by atoms with Crippen LogP contribution in [0.25, 0.3) is 0 Å². The van der Waals surface area contributed by atoms with Crippen LogP contribution in [0.15, 0.2) is 24.3 Å². The first-order valence-electron chi connectivity index (χ1n) is 7.97. The van der Waals surface area contributed by atoms with Crippen molar-refractivity contribution in [3.63, 3.8) is 0 Å². The zero-order valence-corrected chi connectivity index (χ0v) is 14.3. The third-order valence-corrected chi connectivity index (χ3v) is 4.35. The molecule has 0 aromatic heterocycles. The number of nitrogens with zero attached hydrogens (tertiary/aromatic N) is 1. The van der Waals surface area contributed by atoms with Crippen LogP contribution >= 0.6 is 11.6 Å². The van der Waals surface area contributed by atoms with Gasteiger partial charge in [-0.05, 0) is 24.5 Å². The highest BCUT2D eigenvalue weighted by Crippen LogP contribution is 2.31. The Labute approximate surface area is 142 Å². The molecule has 1 heterocycles. The number of carbonyl (C=O) groups is 2. The fourth-order valence-electron chi connectivity index (χ4n) is 2.89. The first-order chi connectivity index (χ1) is 10.9. The molecular weight excluding hydrogens is 314 g/mol. The van der Waals surface area contributed by atoms with Crippen LogP contribution in [0.1, 0.15) is 26.7 Å². The summed E-state index contributed by atoms with van der Waals surface area (Å²) in [7, 11) is 0. The molecule has 1 aliphatic rings. The number of nitrogens with one attached hydrogen (secondary N) is 1. The average Bonchev–Trinajstić information content (AvgIpc) is 2.88. The van der Waals surface area contributed by atoms with E-state index >= 15 is 0 Å². The SMILES string of the molecule is CC(C)CC(CN)NC(=O)C1CC(=O)N(c2ccccc2Cl)C1. The number of carbonyl (C=O) groups excluding carboxylic acids is 2. The molecule has 126 valence electrons. The molecule has 2 unspecified atom stereocenters. The highest BCUT2D eigenvalue weighted by molar-refractivity contribution is 6.33. The third-order valence-electron chi connectivity index (χ3n) is 4.03. The molecule has 2 rings (SSSR count). The van der Waals surface area contributed by atoms with E-state index in [1.54, 1.807) is 17.0 Å². The molecule has 1 aromatic rings. The molecule has 0 radical (unpaired) electrons. The minimum absolute atomic E-state index is 0.0491. The number of anilines is 1.